The number of aryl methyl sites for hydroxylation is 1. The number of nitrogen functional groups attached to an aromatic ring is 1. The van der Waals surface area contributed by atoms with Gasteiger partial charge in [0.2, 0.25) is 0 Å². The van der Waals surface area contributed by atoms with E-state index in [0.29, 0.717) is 23.8 Å². The fourth-order valence-corrected chi connectivity index (χ4v) is 3.03. The molecule has 4 rings (SSSR count). The molecule has 1 fully saturated rings. The Morgan fingerprint density at radius 2 is 2.13 bits per heavy atom. The van der Waals surface area contributed by atoms with Gasteiger partial charge in [-0.15, -0.1) is 0 Å². The van der Waals surface area contributed by atoms with Crippen molar-refractivity contribution in [2.75, 3.05) is 5.73 Å². The summed E-state index contributed by atoms with van der Waals surface area (Å²) in [5, 5.41) is 0. The predicted octanol–water partition coefficient (Wildman–Crippen LogP) is 2.50. The van der Waals surface area contributed by atoms with Gasteiger partial charge in [-0.3, -0.25) is 4.98 Å². The topological polar surface area (TPSA) is 82.5 Å². The van der Waals surface area contributed by atoms with Crippen LogP contribution in [0, 0.1) is 12.8 Å². The van der Waals surface area contributed by atoms with Crippen LogP contribution >= 0.6 is 0 Å². The molecular formula is C17H20N6. The highest BCUT2D eigenvalue weighted by Crippen LogP contribution is 2.29. The second kappa shape index (κ2) is 5.61. The quantitative estimate of drug-likeness (QED) is 0.800. The molecule has 0 bridgehead atoms. The number of fused-ring (bicyclic) bond motifs is 1. The van der Waals surface area contributed by atoms with Gasteiger partial charge in [-0.05, 0) is 30.5 Å². The summed E-state index contributed by atoms with van der Waals surface area (Å²) in [6.07, 6.45) is 8.37. The van der Waals surface area contributed by atoms with Gasteiger partial charge in [-0.2, -0.15) is 0 Å². The third-order valence-corrected chi connectivity index (χ3v) is 4.54. The van der Waals surface area contributed by atoms with Crippen molar-refractivity contribution in [1.82, 2.24) is 24.5 Å². The van der Waals surface area contributed by atoms with Gasteiger partial charge in [0, 0.05) is 12.6 Å². The summed E-state index contributed by atoms with van der Waals surface area (Å²) in [5.41, 5.74) is 9.74. The van der Waals surface area contributed by atoms with E-state index in [9.17, 15) is 0 Å². The number of nitrogens with two attached hydrogens (primary N) is 1. The van der Waals surface area contributed by atoms with Gasteiger partial charge in [0.05, 0.1) is 18.6 Å². The Hall–Kier alpha value is -2.50. The molecular weight excluding hydrogens is 288 g/mol. The van der Waals surface area contributed by atoms with Crippen LogP contribution in [0.25, 0.3) is 11.2 Å². The molecule has 6 heteroatoms. The Balaban J connectivity index is 1.68. The maximum absolute atomic E-state index is 6.08. The van der Waals surface area contributed by atoms with Crippen LogP contribution < -0.4 is 5.73 Å². The summed E-state index contributed by atoms with van der Waals surface area (Å²) in [4.78, 5) is 17.9. The van der Waals surface area contributed by atoms with E-state index in [2.05, 4.69) is 27.9 Å². The Labute approximate surface area is 134 Å². The first-order valence-corrected chi connectivity index (χ1v) is 8.08. The van der Waals surface area contributed by atoms with Crippen molar-refractivity contribution in [3.63, 3.8) is 0 Å². The fourth-order valence-electron chi connectivity index (χ4n) is 3.03. The number of anilines is 1. The van der Waals surface area contributed by atoms with E-state index in [4.69, 9.17) is 10.7 Å². The maximum atomic E-state index is 6.08. The normalized spacial score (nSPS) is 15.0. The summed E-state index contributed by atoms with van der Waals surface area (Å²) in [5.74, 6) is 2.01. The SMILES string of the molecule is Cc1ccnc(Cn2cnc3c(N)nc(CC4CCC4)nc32)c1. The van der Waals surface area contributed by atoms with Gasteiger partial charge in [0.25, 0.3) is 0 Å². The highest BCUT2D eigenvalue weighted by Gasteiger charge is 2.20. The van der Waals surface area contributed by atoms with Crippen LogP contribution in [0.5, 0.6) is 0 Å². The maximum Gasteiger partial charge on any atom is 0.166 e. The Kier molecular flexibility index (Phi) is 3.44. The summed E-state index contributed by atoms with van der Waals surface area (Å²) in [6.45, 7) is 2.70. The minimum Gasteiger partial charge on any atom is -0.382 e. The van der Waals surface area contributed by atoms with Crippen molar-refractivity contribution < 1.29 is 0 Å². The molecule has 23 heavy (non-hydrogen) atoms. The average molecular weight is 308 g/mol. The second-order valence-electron chi connectivity index (χ2n) is 6.40. The van der Waals surface area contributed by atoms with E-state index in [0.717, 1.165) is 23.6 Å². The van der Waals surface area contributed by atoms with E-state index in [-0.39, 0.29) is 0 Å². The third kappa shape index (κ3) is 2.76. The van der Waals surface area contributed by atoms with Crippen molar-refractivity contribution in [2.24, 2.45) is 5.92 Å². The molecule has 0 saturated heterocycles. The van der Waals surface area contributed by atoms with Crippen molar-refractivity contribution in [1.29, 1.82) is 0 Å². The molecule has 0 atom stereocenters. The van der Waals surface area contributed by atoms with Crippen LogP contribution in [0.15, 0.2) is 24.7 Å². The van der Waals surface area contributed by atoms with Crippen LogP contribution in [0.3, 0.4) is 0 Å². The van der Waals surface area contributed by atoms with Gasteiger partial charge >= 0.3 is 0 Å². The van der Waals surface area contributed by atoms with E-state index in [1.807, 2.05) is 16.8 Å². The second-order valence-corrected chi connectivity index (χ2v) is 6.40. The number of pyridine rings is 1. The molecule has 0 radical (unpaired) electrons. The Bertz CT molecular complexity index is 849. The predicted molar refractivity (Wildman–Crippen MR) is 88.9 cm³/mol. The zero-order valence-corrected chi connectivity index (χ0v) is 13.2. The highest BCUT2D eigenvalue weighted by molar-refractivity contribution is 5.81. The first-order chi connectivity index (χ1) is 11.2. The van der Waals surface area contributed by atoms with E-state index in [1.54, 1.807) is 6.33 Å². The number of hydrogen-bond donors (Lipinski definition) is 1. The number of imidazole rings is 1. The van der Waals surface area contributed by atoms with Crippen molar-refractivity contribution >= 4 is 17.0 Å². The first kappa shape index (κ1) is 14.1. The zero-order valence-electron chi connectivity index (χ0n) is 13.2. The van der Waals surface area contributed by atoms with Crippen LogP contribution in [-0.2, 0) is 13.0 Å². The van der Waals surface area contributed by atoms with Crippen LogP contribution in [0.1, 0.15) is 36.3 Å². The molecule has 0 amide bonds. The van der Waals surface area contributed by atoms with Crippen LogP contribution in [-0.4, -0.2) is 24.5 Å². The van der Waals surface area contributed by atoms with Crippen LogP contribution in [0.2, 0.25) is 0 Å². The summed E-state index contributed by atoms with van der Waals surface area (Å²) in [7, 11) is 0. The van der Waals surface area contributed by atoms with E-state index >= 15 is 0 Å². The lowest BCUT2D eigenvalue weighted by Crippen LogP contribution is -2.16. The van der Waals surface area contributed by atoms with Crippen molar-refractivity contribution in [3.05, 3.63) is 41.7 Å². The smallest absolute Gasteiger partial charge is 0.166 e. The molecule has 0 aromatic carbocycles. The number of rotatable bonds is 4. The minimum atomic E-state index is 0.472. The lowest BCUT2D eigenvalue weighted by molar-refractivity contribution is 0.309. The monoisotopic (exact) mass is 308 g/mol. The molecule has 1 saturated carbocycles. The molecule has 0 aliphatic heterocycles. The largest absolute Gasteiger partial charge is 0.382 e. The minimum absolute atomic E-state index is 0.472. The highest BCUT2D eigenvalue weighted by atomic mass is 15.1. The standard InChI is InChI=1S/C17H20N6/c1-11-5-6-19-13(7-11)9-23-10-20-15-16(18)21-14(22-17(15)23)8-12-3-2-4-12/h5-7,10,12H,2-4,8-9H2,1H3,(H2,18,21,22). The Morgan fingerprint density at radius 3 is 2.87 bits per heavy atom. The third-order valence-electron chi connectivity index (χ3n) is 4.54. The van der Waals surface area contributed by atoms with Crippen molar-refractivity contribution in [3.8, 4) is 0 Å². The molecule has 118 valence electrons. The van der Waals surface area contributed by atoms with Crippen LogP contribution in [0.4, 0.5) is 5.82 Å². The zero-order chi connectivity index (χ0) is 15.8. The number of aromatic nitrogens is 5. The molecule has 1 aliphatic carbocycles. The molecule has 1 aliphatic rings. The van der Waals surface area contributed by atoms with Gasteiger partial charge in [0.1, 0.15) is 11.3 Å². The molecule has 3 aromatic rings. The molecule has 6 nitrogen and oxygen atoms in total. The first-order valence-electron chi connectivity index (χ1n) is 8.08. The lowest BCUT2D eigenvalue weighted by Gasteiger charge is -2.24. The van der Waals surface area contributed by atoms with Gasteiger partial charge in [-0.1, -0.05) is 19.3 Å². The molecule has 0 spiro atoms. The van der Waals surface area contributed by atoms with E-state index < -0.39 is 0 Å². The average Bonchev–Trinajstić information content (AvgIpc) is 2.87. The summed E-state index contributed by atoms with van der Waals surface area (Å²) in [6, 6.07) is 4.07. The summed E-state index contributed by atoms with van der Waals surface area (Å²) >= 11 is 0. The van der Waals surface area contributed by atoms with Gasteiger partial charge < -0.3 is 10.3 Å². The molecule has 3 aromatic heterocycles. The van der Waals surface area contributed by atoms with Gasteiger partial charge in [0.15, 0.2) is 11.5 Å². The number of nitrogens with zero attached hydrogens (tertiary/aromatic N) is 5. The van der Waals surface area contributed by atoms with Crippen molar-refractivity contribution in [2.45, 2.75) is 39.2 Å². The molecule has 3 heterocycles. The fraction of sp³-hybridized carbons (Fsp3) is 0.412. The molecule has 0 unspecified atom stereocenters. The number of hydrogen-bond acceptors (Lipinski definition) is 5. The summed E-state index contributed by atoms with van der Waals surface area (Å²) < 4.78 is 2.00. The lowest BCUT2D eigenvalue weighted by atomic mass is 9.83. The Morgan fingerprint density at radius 1 is 1.26 bits per heavy atom. The molecule has 2 N–H and O–H groups in total. The van der Waals surface area contributed by atoms with Gasteiger partial charge in [-0.25, -0.2) is 15.0 Å². The van der Waals surface area contributed by atoms with E-state index in [1.165, 1.54) is 24.8 Å².